The first kappa shape index (κ1) is 17.9. The molecule has 0 unspecified atom stereocenters. The van der Waals surface area contributed by atoms with E-state index in [1.807, 2.05) is 0 Å². The van der Waals surface area contributed by atoms with Crippen molar-refractivity contribution in [2.75, 3.05) is 19.6 Å². The predicted molar refractivity (Wildman–Crippen MR) is 99.0 cm³/mol. The molecule has 5 nitrogen and oxygen atoms in total. The molecule has 0 aromatic carbocycles. The minimum absolute atomic E-state index is 0.00226. The number of aromatic nitrogens is 1. The van der Waals surface area contributed by atoms with Crippen molar-refractivity contribution in [1.82, 2.24) is 9.88 Å². The Bertz CT molecular complexity index is 625. The van der Waals surface area contributed by atoms with Crippen molar-refractivity contribution >= 4 is 5.78 Å². The van der Waals surface area contributed by atoms with Gasteiger partial charge in [0.15, 0.2) is 5.78 Å². The number of nitrogens with zero attached hydrogens (tertiary/aromatic N) is 2. The molecular formula is C21H30N2O3. The molecule has 4 rings (SSSR count). The van der Waals surface area contributed by atoms with Crippen LogP contribution < -0.4 is 0 Å². The molecule has 2 saturated carbocycles. The molecule has 2 aliphatic carbocycles. The number of aromatic hydroxyl groups is 1. The highest BCUT2D eigenvalue weighted by atomic mass is 16.3. The summed E-state index contributed by atoms with van der Waals surface area (Å²) in [7, 11) is 0. The van der Waals surface area contributed by atoms with E-state index in [0.29, 0.717) is 30.0 Å². The summed E-state index contributed by atoms with van der Waals surface area (Å²) in [5, 5.41) is 20.4. The standard InChI is InChI=1S/C21H30N2O3/c24-18-6-7-19(22-11-18)20(25)14-23-12-16-9-21(26,10-17(16)13-23)8-15-4-2-1-3-5-15/h6-7,11,15-17,24,26H,1-5,8-10,12-14H2/t16-,17+,21+. The van der Waals surface area contributed by atoms with Crippen LogP contribution >= 0.6 is 0 Å². The van der Waals surface area contributed by atoms with Crippen LogP contribution in [0.2, 0.25) is 0 Å². The molecule has 0 amide bonds. The molecule has 142 valence electrons. The minimum Gasteiger partial charge on any atom is -0.506 e. The largest absolute Gasteiger partial charge is 0.506 e. The Balaban J connectivity index is 1.29. The molecule has 3 fully saturated rings. The number of Topliss-reactive ketones (excluding diaryl/α,β-unsaturated/α-hetero) is 1. The summed E-state index contributed by atoms with van der Waals surface area (Å²) in [6.07, 6.45) is 10.7. The maximum Gasteiger partial charge on any atom is 0.195 e. The summed E-state index contributed by atoms with van der Waals surface area (Å²) in [6, 6.07) is 3.09. The molecule has 3 aliphatic rings. The third-order valence-corrected chi connectivity index (χ3v) is 6.73. The van der Waals surface area contributed by atoms with Crippen LogP contribution in [0.15, 0.2) is 18.3 Å². The number of hydrogen-bond donors (Lipinski definition) is 2. The molecule has 0 bridgehead atoms. The maximum atomic E-state index is 12.4. The van der Waals surface area contributed by atoms with E-state index >= 15 is 0 Å². The lowest BCUT2D eigenvalue weighted by atomic mass is 9.79. The van der Waals surface area contributed by atoms with Crippen LogP contribution in [-0.4, -0.2) is 51.1 Å². The molecule has 3 atom stereocenters. The molecule has 0 radical (unpaired) electrons. The Morgan fingerprint density at radius 1 is 1.15 bits per heavy atom. The van der Waals surface area contributed by atoms with Gasteiger partial charge < -0.3 is 10.2 Å². The molecule has 1 aromatic rings. The molecule has 2 N–H and O–H groups in total. The number of pyridine rings is 1. The van der Waals surface area contributed by atoms with E-state index in [-0.39, 0.29) is 11.5 Å². The van der Waals surface area contributed by atoms with Crippen LogP contribution in [0.5, 0.6) is 5.75 Å². The van der Waals surface area contributed by atoms with Crippen molar-refractivity contribution in [2.45, 2.75) is 57.0 Å². The molecule has 1 aromatic heterocycles. The highest BCUT2D eigenvalue weighted by Crippen LogP contribution is 2.47. The predicted octanol–water partition coefficient (Wildman–Crippen LogP) is 3.01. The van der Waals surface area contributed by atoms with E-state index in [4.69, 9.17) is 0 Å². The SMILES string of the molecule is O=C(CN1C[C@@H]2C[C@](O)(CC3CCCCC3)C[C@@H]2C1)c1ccc(O)cn1. The summed E-state index contributed by atoms with van der Waals surface area (Å²) in [5.74, 6) is 1.83. The molecule has 5 heteroatoms. The highest BCUT2D eigenvalue weighted by Gasteiger charge is 2.48. The smallest absolute Gasteiger partial charge is 0.195 e. The van der Waals surface area contributed by atoms with Crippen LogP contribution in [0.1, 0.15) is 61.9 Å². The van der Waals surface area contributed by atoms with Gasteiger partial charge in [-0.3, -0.25) is 9.69 Å². The number of likely N-dealkylation sites (tertiary alicyclic amines) is 1. The van der Waals surface area contributed by atoms with Gasteiger partial charge in [-0.1, -0.05) is 32.1 Å². The summed E-state index contributed by atoms with van der Waals surface area (Å²) >= 11 is 0. The second kappa shape index (κ2) is 7.28. The normalized spacial score (nSPS) is 32.7. The Morgan fingerprint density at radius 3 is 2.46 bits per heavy atom. The zero-order valence-electron chi connectivity index (χ0n) is 15.4. The number of hydrogen-bond acceptors (Lipinski definition) is 5. The van der Waals surface area contributed by atoms with Gasteiger partial charge in [0.2, 0.25) is 0 Å². The minimum atomic E-state index is -0.466. The van der Waals surface area contributed by atoms with Crippen molar-refractivity contribution in [3.63, 3.8) is 0 Å². The number of ketones is 1. The van der Waals surface area contributed by atoms with E-state index in [2.05, 4.69) is 9.88 Å². The second-order valence-corrected chi connectivity index (χ2v) is 8.88. The Hall–Kier alpha value is -1.46. The summed E-state index contributed by atoms with van der Waals surface area (Å²) in [4.78, 5) is 18.6. The van der Waals surface area contributed by atoms with Gasteiger partial charge in [0.25, 0.3) is 0 Å². The fraction of sp³-hybridized carbons (Fsp3) is 0.714. The van der Waals surface area contributed by atoms with Crippen LogP contribution in [-0.2, 0) is 0 Å². The zero-order chi connectivity index (χ0) is 18.1. The molecular weight excluding hydrogens is 328 g/mol. The van der Waals surface area contributed by atoms with Crippen LogP contribution in [0.3, 0.4) is 0 Å². The second-order valence-electron chi connectivity index (χ2n) is 8.88. The van der Waals surface area contributed by atoms with Gasteiger partial charge in [-0.15, -0.1) is 0 Å². The first-order chi connectivity index (χ1) is 12.5. The third kappa shape index (κ3) is 3.94. The molecule has 0 spiro atoms. The Morgan fingerprint density at radius 2 is 1.85 bits per heavy atom. The topological polar surface area (TPSA) is 73.7 Å². The van der Waals surface area contributed by atoms with Crippen LogP contribution in [0.25, 0.3) is 0 Å². The van der Waals surface area contributed by atoms with Crippen LogP contribution in [0, 0.1) is 17.8 Å². The first-order valence-corrected chi connectivity index (χ1v) is 10.1. The highest BCUT2D eigenvalue weighted by molar-refractivity contribution is 5.95. The summed E-state index contributed by atoms with van der Waals surface area (Å²) < 4.78 is 0. The zero-order valence-corrected chi connectivity index (χ0v) is 15.4. The Kier molecular flexibility index (Phi) is 5.02. The third-order valence-electron chi connectivity index (χ3n) is 6.73. The average molecular weight is 358 g/mol. The van der Waals surface area contributed by atoms with Gasteiger partial charge in [-0.2, -0.15) is 0 Å². The van der Waals surface area contributed by atoms with Crippen molar-refractivity contribution in [2.24, 2.45) is 17.8 Å². The van der Waals surface area contributed by atoms with E-state index in [1.54, 1.807) is 6.07 Å². The van der Waals surface area contributed by atoms with Gasteiger partial charge >= 0.3 is 0 Å². The monoisotopic (exact) mass is 358 g/mol. The van der Waals surface area contributed by atoms with Gasteiger partial charge in [-0.05, 0) is 49.1 Å². The van der Waals surface area contributed by atoms with E-state index in [1.165, 1.54) is 44.4 Å². The van der Waals surface area contributed by atoms with Gasteiger partial charge in [0.1, 0.15) is 11.4 Å². The maximum absolute atomic E-state index is 12.4. The lowest BCUT2D eigenvalue weighted by Gasteiger charge is -2.32. The summed E-state index contributed by atoms with van der Waals surface area (Å²) in [6.45, 7) is 2.19. The first-order valence-electron chi connectivity index (χ1n) is 10.1. The number of aliphatic hydroxyl groups is 1. The van der Waals surface area contributed by atoms with Gasteiger partial charge in [0, 0.05) is 13.1 Å². The fourth-order valence-electron chi connectivity index (χ4n) is 5.62. The molecule has 1 saturated heterocycles. The number of carbonyl (C=O) groups is 1. The average Bonchev–Trinajstić information content (AvgIpc) is 3.10. The van der Waals surface area contributed by atoms with Crippen molar-refractivity contribution in [3.05, 3.63) is 24.0 Å². The quantitative estimate of drug-likeness (QED) is 0.792. The number of carbonyl (C=O) groups excluding carboxylic acids is 1. The summed E-state index contributed by atoms with van der Waals surface area (Å²) in [5.41, 5.74) is -0.0555. The number of rotatable bonds is 5. The van der Waals surface area contributed by atoms with E-state index in [9.17, 15) is 15.0 Å². The lowest BCUT2D eigenvalue weighted by molar-refractivity contribution is 0.00622. The van der Waals surface area contributed by atoms with Crippen molar-refractivity contribution in [3.8, 4) is 5.75 Å². The van der Waals surface area contributed by atoms with Gasteiger partial charge in [-0.25, -0.2) is 4.98 Å². The fourth-order valence-corrected chi connectivity index (χ4v) is 5.62. The molecule has 1 aliphatic heterocycles. The Labute approximate surface area is 155 Å². The lowest BCUT2D eigenvalue weighted by Crippen LogP contribution is -2.34. The van der Waals surface area contributed by atoms with Gasteiger partial charge in [0.05, 0.1) is 18.3 Å². The number of fused-ring (bicyclic) bond motifs is 1. The van der Waals surface area contributed by atoms with E-state index < -0.39 is 5.60 Å². The van der Waals surface area contributed by atoms with Crippen molar-refractivity contribution < 1.29 is 15.0 Å². The van der Waals surface area contributed by atoms with Crippen LogP contribution in [0.4, 0.5) is 0 Å². The van der Waals surface area contributed by atoms with Crippen molar-refractivity contribution in [1.29, 1.82) is 0 Å². The molecule has 26 heavy (non-hydrogen) atoms. The molecule has 2 heterocycles. The van der Waals surface area contributed by atoms with E-state index in [0.717, 1.165) is 32.4 Å².